The van der Waals surface area contributed by atoms with E-state index in [2.05, 4.69) is 9.98 Å². The Morgan fingerprint density at radius 3 is 2.77 bits per heavy atom. The van der Waals surface area contributed by atoms with Gasteiger partial charge in [0, 0.05) is 6.20 Å². The number of halogens is 3. The third kappa shape index (κ3) is 1.66. The average molecular weight is 236 g/mol. The highest BCUT2D eigenvalue weighted by atomic mass is 35.5. The van der Waals surface area contributed by atoms with Crippen LogP contribution < -0.4 is 0 Å². The summed E-state index contributed by atoms with van der Waals surface area (Å²) in [4.78, 5) is 8.13. The van der Waals surface area contributed by atoms with Crippen molar-refractivity contribution in [3.8, 4) is 0 Å². The lowest BCUT2D eigenvalue weighted by Gasteiger charge is -2.23. The van der Waals surface area contributed by atoms with E-state index >= 15 is 0 Å². The van der Waals surface area contributed by atoms with Crippen molar-refractivity contribution >= 4 is 45.1 Å². The fourth-order valence-corrected chi connectivity index (χ4v) is 1.87. The summed E-state index contributed by atoms with van der Waals surface area (Å²) in [5.41, 5.74) is 0. The number of allylic oxidation sites excluding steroid dienone is 1. The van der Waals surface area contributed by atoms with E-state index in [9.17, 15) is 0 Å². The zero-order valence-corrected chi connectivity index (χ0v) is 8.68. The molecule has 0 bridgehead atoms. The molecular weight excluding hydrogens is 230 g/mol. The number of dihydropyridines is 1. The quantitative estimate of drug-likeness (QED) is 0.617. The average Bonchev–Trinajstić information content (AvgIpc) is 2.09. The van der Waals surface area contributed by atoms with E-state index in [0.717, 1.165) is 0 Å². The lowest BCUT2D eigenvalue weighted by atomic mass is 9.97. The summed E-state index contributed by atoms with van der Waals surface area (Å²) in [7, 11) is 0. The Hall–Kier alpha value is -0.310. The molecule has 68 valence electrons. The molecule has 2 aliphatic rings. The minimum Gasteiger partial charge on any atom is -0.263 e. The normalized spacial score (nSPS) is 31.8. The molecule has 0 radical (unpaired) electrons. The molecular formula is C8H5Cl3N2. The van der Waals surface area contributed by atoms with Gasteiger partial charge in [0.1, 0.15) is 10.3 Å². The summed E-state index contributed by atoms with van der Waals surface area (Å²) in [5, 5.41) is 1.27. The van der Waals surface area contributed by atoms with Crippen molar-refractivity contribution < 1.29 is 0 Å². The van der Waals surface area contributed by atoms with Crippen LogP contribution in [-0.4, -0.2) is 16.4 Å². The number of nitrogens with zero attached hydrogens (tertiary/aromatic N) is 2. The Balaban J connectivity index is 2.38. The number of hydrogen-bond donors (Lipinski definition) is 0. The van der Waals surface area contributed by atoms with E-state index in [1.165, 1.54) is 0 Å². The topological polar surface area (TPSA) is 24.7 Å². The second-order valence-electron chi connectivity index (χ2n) is 2.74. The first kappa shape index (κ1) is 9.25. The van der Waals surface area contributed by atoms with Crippen LogP contribution in [0.15, 0.2) is 33.4 Å². The molecule has 2 rings (SSSR count). The fraction of sp³-hybridized carbons (Fsp3) is 0.250. The molecule has 0 aromatic carbocycles. The Bertz CT molecular complexity index is 354. The number of aliphatic imine (C=N–C) groups is 2. The van der Waals surface area contributed by atoms with Gasteiger partial charge < -0.3 is 0 Å². The van der Waals surface area contributed by atoms with Gasteiger partial charge in [-0.15, -0.1) is 0 Å². The highest BCUT2D eigenvalue weighted by Crippen LogP contribution is 2.28. The minimum atomic E-state index is -0.0556. The number of hydrogen-bond acceptors (Lipinski definition) is 2. The van der Waals surface area contributed by atoms with Crippen LogP contribution in [0, 0.1) is 5.92 Å². The lowest BCUT2D eigenvalue weighted by Crippen LogP contribution is -2.26. The SMILES string of the molecule is ClC1=CC2C(Cl)=NC=CC2N=C1Cl. The van der Waals surface area contributed by atoms with Gasteiger partial charge in [-0.25, -0.2) is 4.99 Å². The van der Waals surface area contributed by atoms with Gasteiger partial charge in [0.15, 0.2) is 0 Å². The van der Waals surface area contributed by atoms with Gasteiger partial charge in [-0.1, -0.05) is 40.9 Å². The van der Waals surface area contributed by atoms with E-state index < -0.39 is 0 Å². The number of rotatable bonds is 0. The van der Waals surface area contributed by atoms with Crippen LogP contribution in [0.4, 0.5) is 0 Å². The van der Waals surface area contributed by atoms with Crippen molar-refractivity contribution in [1.29, 1.82) is 0 Å². The second kappa shape index (κ2) is 3.45. The Morgan fingerprint density at radius 2 is 2.00 bits per heavy atom. The lowest BCUT2D eigenvalue weighted by molar-refractivity contribution is 0.716. The first-order valence-corrected chi connectivity index (χ1v) is 4.83. The van der Waals surface area contributed by atoms with Gasteiger partial charge in [-0.05, 0) is 6.08 Å². The van der Waals surface area contributed by atoms with Gasteiger partial charge in [-0.3, -0.25) is 4.99 Å². The largest absolute Gasteiger partial charge is 0.263 e. The first-order chi connectivity index (χ1) is 6.18. The summed E-state index contributed by atoms with van der Waals surface area (Å²) in [6, 6.07) is -0.0556. The standard InChI is InChI=1S/C8H5Cl3N2/c9-5-3-4-6(13-8(5)11)1-2-12-7(4)10/h1-4,6H. The smallest absolute Gasteiger partial charge is 0.142 e. The van der Waals surface area contributed by atoms with E-state index in [4.69, 9.17) is 34.8 Å². The molecule has 0 N–H and O–H groups in total. The molecule has 0 spiro atoms. The van der Waals surface area contributed by atoms with Crippen molar-refractivity contribution in [3.05, 3.63) is 23.4 Å². The highest BCUT2D eigenvalue weighted by Gasteiger charge is 2.28. The number of fused-ring (bicyclic) bond motifs is 1. The summed E-state index contributed by atoms with van der Waals surface area (Å²) < 4.78 is 0. The van der Waals surface area contributed by atoms with Crippen LogP contribution in [0.1, 0.15) is 0 Å². The van der Waals surface area contributed by atoms with Gasteiger partial charge in [0.25, 0.3) is 0 Å². The molecule has 2 atom stereocenters. The van der Waals surface area contributed by atoms with Gasteiger partial charge in [-0.2, -0.15) is 0 Å². The van der Waals surface area contributed by atoms with Crippen molar-refractivity contribution in [3.63, 3.8) is 0 Å². The monoisotopic (exact) mass is 234 g/mol. The van der Waals surface area contributed by atoms with Crippen LogP contribution in [0.25, 0.3) is 0 Å². The summed E-state index contributed by atoms with van der Waals surface area (Å²) in [5.74, 6) is -0.0540. The zero-order chi connectivity index (χ0) is 9.42. The van der Waals surface area contributed by atoms with E-state index in [-0.39, 0.29) is 12.0 Å². The molecule has 0 aromatic rings. The predicted molar refractivity (Wildman–Crippen MR) is 56.9 cm³/mol. The van der Waals surface area contributed by atoms with Crippen LogP contribution >= 0.6 is 34.8 Å². The predicted octanol–water partition coefficient (Wildman–Crippen LogP) is 2.91. The molecule has 2 unspecified atom stereocenters. The van der Waals surface area contributed by atoms with Crippen molar-refractivity contribution in [2.75, 3.05) is 0 Å². The van der Waals surface area contributed by atoms with Crippen molar-refractivity contribution in [2.45, 2.75) is 6.04 Å². The van der Waals surface area contributed by atoms with Crippen LogP contribution in [0.3, 0.4) is 0 Å². The molecule has 0 aliphatic carbocycles. The third-order valence-electron chi connectivity index (χ3n) is 1.91. The zero-order valence-electron chi connectivity index (χ0n) is 6.42. The molecule has 0 aromatic heterocycles. The molecule has 0 amide bonds. The molecule has 0 fully saturated rings. The summed E-state index contributed by atoms with van der Waals surface area (Å²) >= 11 is 17.5. The maximum Gasteiger partial charge on any atom is 0.142 e. The molecule has 0 saturated heterocycles. The van der Waals surface area contributed by atoms with Crippen LogP contribution in [0.2, 0.25) is 0 Å². The van der Waals surface area contributed by atoms with Crippen molar-refractivity contribution in [1.82, 2.24) is 0 Å². The van der Waals surface area contributed by atoms with Crippen LogP contribution in [0.5, 0.6) is 0 Å². The van der Waals surface area contributed by atoms with Crippen molar-refractivity contribution in [2.24, 2.45) is 15.9 Å². The molecule has 13 heavy (non-hydrogen) atoms. The molecule has 2 nitrogen and oxygen atoms in total. The Labute approximate surface area is 90.6 Å². The summed E-state index contributed by atoms with van der Waals surface area (Å²) in [6.45, 7) is 0. The molecule has 0 saturated carbocycles. The molecule has 2 aliphatic heterocycles. The molecule has 5 heteroatoms. The second-order valence-corrected chi connectivity index (χ2v) is 3.90. The third-order valence-corrected chi connectivity index (χ3v) is 2.96. The van der Waals surface area contributed by atoms with E-state index in [1.54, 1.807) is 12.3 Å². The van der Waals surface area contributed by atoms with Crippen LogP contribution in [-0.2, 0) is 0 Å². The minimum absolute atomic E-state index is 0.0540. The first-order valence-electron chi connectivity index (χ1n) is 3.69. The Kier molecular flexibility index (Phi) is 2.45. The van der Waals surface area contributed by atoms with Gasteiger partial charge >= 0.3 is 0 Å². The van der Waals surface area contributed by atoms with Gasteiger partial charge in [0.2, 0.25) is 0 Å². The fourth-order valence-electron chi connectivity index (χ4n) is 1.26. The van der Waals surface area contributed by atoms with E-state index in [0.29, 0.717) is 15.4 Å². The Morgan fingerprint density at radius 1 is 1.23 bits per heavy atom. The van der Waals surface area contributed by atoms with Gasteiger partial charge in [0.05, 0.1) is 17.0 Å². The highest BCUT2D eigenvalue weighted by molar-refractivity contribution is 6.76. The maximum absolute atomic E-state index is 5.89. The maximum atomic E-state index is 5.89. The summed E-state index contributed by atoms with van der Waals surface area (Å²) in [6.07, 6.45) is 5.25. The van der Waals surface area contributed by atoms with E-state index in [1.807, 2.05) is 6.08 Å². The molecule has 2 heterocycles.